The van der Waals surface area contributed by atoms with Gasteiger partial charge in [0.25, 0.3) is 0 Å². The topological polar surface area (TPSA) is 45.8 Å². The first-order valence-electron chi connectivity index (χ1n) is 4.49. The fraction of sp³-hybridized carbons (Fsp3) is 0.0909. The van der Waals surface area contributed by atoms with E-state index in [4.69, 9.17) is 0 Å². The van der Waals surface area contributed by atoms with E-state index in [1.807, 2.05) is 0 Å². The zero-order valence-corrected chi connectivity index (χ0v) is 8.12. The number of aromatic nitrogens is 2. The molecule has 1 aromatic heterocycles. The molecule has 2 rings (SSSR count). The van der Waals surface area contributed by atoms with E-state index in [1.54, 1.807) is 18.2 Å². The van der Waals surface area contributed by atoms with Gasteiger partial charge in [0.1, 0.15) is 17.3 Å². The third-order valence-corrected chi connectivity index (χ3v) is 2.08. The highest BCUT2D eigenvalue weighted by molar-refractivity contribution is 5.92. The Bertz CT molecular complexity index is 505. The molecule has 0 bridgehead atoms. The molecular weight excluding hydrogens is 195 g/mol. The molecule has 0 fully saturated rings. The molecule has 0 saturated heterocycles. The van der Waals surface area contributed by atoms with Gasteiger partial charge in [0, 0.05) is 6.92 Å². The molecule has 0 aliphatic carbocycles. The number of hydrogen-bond acceptors (Lipinski definition) is 2. The quantitative estimate of drug-likeness (QED) is 0.763. The molecule has 0 aliphatic rings. The van der Waals surface area contributed by atoms with Crippen LogP contribution in [0.1, 0.15) is 17.4 Å². The van der Waals surface area contributed by atoms with Gasteiger partial charge in [-0.15, -0.1) is 0 Å². The van der Waals surface area contributed by atoms with E-state index in [2.05, 4.69) is 9.97 Å². The van der Waals surface area contributed by atoms with Crippen LogP contribution in [0.2, 0.25) is 0 Å². The summed E-state index contributed by atoms with van der Waals surface area (Å²) in [6.07, 6.45) is 1.41. The first-order chi connectivity index (χ1) is 7.18. The Labute approximate surface area is 86.0 Å². The first-order valence-corrected chi connectivity index (χ1v) is 4.49. The highest BCUT2D eigenvalue weighted by Gasteiger charge is 2.09. The van der Waals surface area contributed by atoms with Gasteiger partial charge in [-0.05, 0) is 12.1 Å². The summed E-state index contributed by atoms with van der Waals surface area (Å²) in [6.45, 7) is 1.43. The highest BCUT2D eigenvalue weighted by Crippen LogP contribution is 2.18. The second-order valence-electron chi connectivity index (χ2n) is 3.18. The number of nitrogens with one attached hydrogen (secondary N) is 1. The summed E-state index contributed by atoms with van der Waals surface area (Å²) in [5.74, 6) is -0.106. The number of imidazole rings is 1. The van der Waals surface area contributed by atoms with Crippen molar-refractivity contribution in [2.45, 2.75) is 6.92 Å². The van der Waals surface area contributed by atoms with Gasteiger partial charge in [0.2, 0.25) is 0 Å². The molecule has 0 unspecified atom stereocenters. The van der Waals surface area contributed by atoms with E-state index < -0.39 is 0 Å². The van der Waals surface area contributed by atoms with E-state index in [-0.39, 0.29) is 11.6 Å². The maximum atomic E-state index is 13.3. The molecule has 0 amide bonds. The Morgan fingerprint density at radius 3 is 2.73 bits per heavy atom. The minimum atomic E-state index is -0.359. The number of aromatic amines is 1. The number of nitrogens with zero attached hydrogens (tertiary/aromatic N) is 1. The smallest absolute Gasteiger partial charge is 0.177 e. The van der Waals surface area contributed by atoms with Crippen molar-refractivity contribution < 1.29 is 9.18 Å². The van der Waals surface area contributed by atoms with Crippen molar-refractivity contribution in [1.29, 1.82) is 0 Å². The zero-order chi connectivity index (χ0) is 10.8. The second kappa shape index (κ2) is 3.65. The molecule has 76 valence electrons. The number of halogens is 1. The Kier molecular flexibility index (Phi) is 2.33. The molecule has 0 radical (unpaired) electrons. The van der Waals surface area contributed by atoms with Crippen LogP contribution in [-0.2, 0) is 0 Å². The van der Waals surface area contributed by atoms with E-state index in [0.717, 1.165) is 0 Å². The maximum Gasteiger partial charge on any atom is 0.177 e. The third-order valence-electron chi connectivity index (χ3n) is 2.08. The molecular formula is C11H9FN2O. The van der Waals surface area contributed by atoms with Crippen LogP contribution in [-0.4, -0.2) is 15.8 Å². The van der Waals surface area contributed by atoms with Crippen molar-refractivity contribution in [1.82, 2.24) is 9.97 Å². The molecule has 4 heteroatoms. The Balaban J connectivity index is 2.46. The minimum absolute atomic E-state index is 0.120. The average molecular weight is 204 g/mol. The fourth-order valence-electron chi connectivity index (χ4n) is 1.29. The molecule has 0 spiro atoms. The Morgan fingerprint density at radius 1 is 1.40 bits per heavy atom. The SMILES string of the molecule is CC(=O)c1cnc(-c2ccccc2F)[nH]1. The van der Waals surface area contributed by atoms with Crippen molar-refractivity contribution in [2.24, 2.45) is 0 Å². The van der Waals surface area contributed by atoms with E-state index in [0.29, 0.717) is 17.1 Å². The van der Waals surface area contributed by atoms with Gasteiger partial charge in [-0.1, -0.05) is 12.1 Å². The van der Waals surface area contributed by atoms with Crippen molar-refractivity contribution in [3.05, 3.63) is 42.0 Å². The van der Waals surface area contributed by atoms with Crippen molar-refractivity contribution in [3.63, 3.8) is 0 Å². The predicted molar refractivity (Wildman–Crippen MR) is 54.0 cm³/mol. The summed E-state index contributed by atoms with van der Waals surface area (Å²) in [4.78, 5) is 17.7. The number of Topliss-reactive ketones (excluding diaryl/α,β-unsaturated/α-hetero) is 1. The summed E-state index contributed by atoms with van der Waals surface area (Å²) in [5.41, 5.74) is 0.748. The normalized spacial score (nSPS) is 10.3. The Morgan fingerprint density at radius 2 is 2.13 bits per heavy atom. The summed E-state index contributed by atoms with van der Waals surface area (Å²) >= 11 is 0. The summed E-state index contributed by atoms with van der Waals surface area (Å²) < 4.78 is 13.3. The number of H-pyrrole nitrogens is 1. The van der Waals surface area contributed by atoms with Crippen LogP contribution in [0.25, 0.3) is 11.4 Å². The van der Waals surface area contributed by atoms with Crippen LogP contribution < -0.4 is 0 Å². The summed E-state index contributed by atoms with van der Waals surface area (Å²) in [6, 6.07) is 6.28. The number of ketones is 1. The van der Waals surface area contributed by atoms with Gasteiger partial charge < -0.3 is 4.98 Å². The van der Waals surface area contributed by atoms with Gasteiger partial charge >= 0.3 is 0 Å². The molecule has 0 aliphatic heterocycles. The molecule has 0 saturated carbocycles. The molecule has 1 aromatic carbocycles. The van der Waals surface area contributed by atoms with Crippen LogP contribution in [0.3, 0.4) is 0 Å². The number of hydrogen-bond donors (Lipinski definition) is 1. The number of carbonyl (C=O) groups excluding carboxylic acids is 1. The largest absolute Gasteiger partial charge is 0.335 e. The Hall–Kier alpha value is -1.97. The third kappa shape index (κ3) is 1.79. The van der Waals surface area contributed by atoms with Crippen LogP contribution in [0.15, 0.2) is 30.5 Å². The lowest BCUT2D eigenvalue weighted by atomic mass is 10.2. The second-order valence-corrected chi connectivity index (χ2v) is 3.18. The van der Waals surface area contributed by atoms with E-state index in [9.17, 15) is 9.18 Å². The van der Waals surface area contributed by atoms with Gasteiger partial charge in [-0.2, -0.15) is 0 Å². The maximum absolute atomic E-state index is 13.3. The number of carbonyl (C=O) groups is 1. The van der Waals surface area contributed by atoms with Gasteiger partial charge in [-0.3, -0.25) is 4.79 Å². The first kappa shape index (κ1) is 9.58. The van der Waals surface area contributed by atoms with Crippen LogP contribution in [0, 0.1) is 5.82 Å². The lowest BCUT2D eigenvalue weighted by Gasteiger charge is -1.97. The standard InChI is InChI=1S/C11H9FN2O/c1-7(15)10-6-13-11(14-10)8-4-2-3-5-9(8)12/h2-6H,1H3,(H,13,14). The molecule has 2 aromatic rings. The molecule has 3 nitrogen and oxygen atoms in total. The summed E-state index contributed by atoms with van der Waals surface area (Å²) in [7, 11) is 0. The van der Waals surface area contributed by atoms with Crippen LogP contribution in [0.5, 0.6) is 0 Å². The highest BCUT2D eigenvalue weighted by atomic mass is 19.1. The van der Waals surface area contributed by atoms with Gasteiger partial charge in [0.15, 0.2) is 5.78 Å². The van der Waals surface area contributed by atoms with Gasteiger partial charge in [-0.25, -0.2) is 9.37 Å². The molecule has 0 atom stereocenters. The number of rotatable bonds is 2. The average Bonchev–Trinajstić information content (AvgIpc) is 2.67. The van der Waals surface area contributed by atoms with E-state index >= 15 is 0 Å². The van der Waals surface area contributed by atoms with E-state index in [1.165, 1.54) is 19.2 Å². The minimum Gasteiger partial charge on any atom is -0.335 e. The van der Waals surface area contributed by atoms with Crippen LogP contribution >= 0.6 is 0 Å². The molecule has 1 heterocycles. The number of benzene rings is 1. The van der Waals surface area contributed by atoms with Gasteiger partial charge in [0.05, 0.1) is 11.8 Å². The van der Waals surface area contributed by atoms with Crippen LogP contribution in [0.4, 0.5) is 4.39 Å². The van der Waals surface area contributed by atoms with Crippen molar-refractivity contribution in [2.75, 3.05) is 0 Å². The monoisotopic (exact) mass is 204 g/mol. The lowest BCUT2D eigenvalue weighted by molar-refractivity contribution is 0.101. The van der Waals surface area contributed by atoms with Crippen molar-refractivity contribution >= 4 is 5.78 Å². The predicted octanol–water partition coefficient (Wildman–Crippen LogP) is 2.42. The molecule has 15 heavy (non-hydrogen) atoms. The molecule has 1 N–H and O–H groups in total. The lowest BCUT2D eigenvalue weighted by Crippen LogP contribution is -1.91. The van der Waals surface area contributed by atoms with Crippen molar-refractivity contribution in [3.8, 4) is 11.4 Å². The summed E-state index contributed by atoms with van der Waals surface area (Å²) in [5, 5.41) is 0. The zero-order valence-electron chi connectivity index (χ0n) is 8.12. The fourth-order valence-corrected chi connectivity index (χ4v) is 1.29.